The summed E-state index contributed by atoms with van der Waals surface area (Å²) in [6.07, 6.45) is 1.58. The van der Waals surface area contributed by atoms with Crippen LogP contribution in [-0.4, -0.2) is 31.3 Å². The fourth-order valence-corrected chi connectivity index (χ4v) is 2.64. The number of allylic oxidation sites excluding steroid dienone is 1. The van der Waals surface area contributed by atoms with E-state index in [1.807, 2.05) is 0 Å². The summed E-state index contributed by atoms with van der Waals surface area (Å²) in [4.78, 5) is 24.2. The number of benzene rings is 2. The van der Waals surface area contributed by atoms with E-state index in [0.717, 1.165) is 0 Å². The van der Waals surface area contributed by atoms with Gasteiger partial charge in [0.15, 0.2) is 17.3 Å². The Morgan fingerprint density at radius 3 is 2.63 bits per heavy atom. The Bertz CT molecular complexity index is 932. The zero-order valence-electron chi connectivity index (χ0n) is 14.9. The maximum atomic E-state index is 12.6. The first-order chi connectivity index (χ1) is 12.9. The molecule has 7 heteroatoms. The summed E-state index contributed by atoms with van der Waals surface area (Å²) in [6.45, 7) is 1.51. The number of halogens is 1. The highest BCUT2D eigenvalue weighted by Gasteiger charge is 2.28. The summed E-state index contributed by atoms with van der Waals surface area (Å²) in [6, 6.07) is 9.86. The van der Waals surface area contributed by atoms with Crippen LogP contribution in [0.1, 0.15) is 22.8 Å². The van der Waals surface area contributed by atoms with Crippen LogP contribution in [0.25, 0.3) is 6.08 Å². The summed E-state index contributed by atoms with van der Waals surface area (Å²) < 4.78 is 21.4. The van der Waals surface area contributed by atoms with Gasteiger partial charge in [-0.3, -0.25) is 9.59 Å². The van der Waals surface area contributed by atoms with Gasteiger partial charge in [-0.15, -0.1) is 11.6 Å². The van der Waals surface area contributed by atoms with Crippen LogP contribution < -0.4 is 18.9 Å². The fraction of sp³-hybridized carbons (Fsp3) is 0.200. The van der Waals surface area contributed by atoms with E-state index in [1.165, 1.54) is 33.3 Å². The number of para-hydroxylation sites is 1. The lowest BCUT2D eigenvalue weighted by molar-refractivity contribution is -0.133. The minimum Gasteiger partial charge on any atom is -0.493 e. The number of esters is 1. The van der Waals surface area contributed by atoms with Gasteiger partial charge in [0, 0.05) is 11.6 Å². The van der Waals surface area contributed by atoms with Crippen LogP contribution in [0, 0.1) is 0 Å². The largest absolute Gasteiger partial charge is 0.493 e. The molecule has 0 N–H and O–H groups in total. The number of ether oxygens (including phenoxy) is 4. The van der Waals surface area contributed by atoms with Crippen molar-refractivity contribution in [1.29, 1.82) is 0 Å². The number of Topliss-reactive ketones (excluding diaryl/α,β-unsaturated/α-hetero) is 1. The van der Waals surface area contributed by atoms with Gasteiger partial charge in [-0.1, -0.05) is 12.1 Å². The van der Waals surface area contributed by atoms with Gasteiger partial charge in [-0.2, -0.15) is 0 Å². The monoisotopic (exact) mass is 388 g/mol. The van der Waals surface area contributed by atoms with Crippen LogP contribution in [0.2, 0.25) is 0 Å². The molecule has 1 aliphatic rings. The van der Waals surface area contributed by atoms with Crippen LogP contribution in [0.5, 0.6) is 23.0 Å². The van der Waals surface area contributed by atoms with E-state index in [2.05, 4.69) is 0 Å². The Morgan fingerprint density at radius 1 is 1.19 bits per heavy atom. The van der Waals surface area contributed by atoms with Crippen molar-refractivity contribution in [3.63, 3.8) is 0 Å². The molecule has 0 saturated heterocycles. The second-order valence-corrected chi connectivity index (χ2v) is 6.37. The zero-order chi connectivity index (χ0) is 19.6. The molecule has 2 aromatic rings. The van der Waals surface area contributed by atoms with Gasteiger partial charge in [0.25, 0.3) is 0 Å². The normalized spacial score (nSPS) is 15.1. The maximum absolute atomic E-state index is 12.6. The van der Waals surface area contributed by atoms with E-state index in [0.29, 0.717) is 28.4 Å². The molecule has 1 atom stereocenters. The van der Waals surface area contributed by atoms with Crippen LogP contribution in [-0.2, 0) is 4.79 Å². The van der Waals surface area contributed by atoms with Gasteiger partial charge in [-0.05, 0) is 31.2 Å². The molecule has 1 aliphatic heterocycles. The molecule has 140 valence electrons. The first kappa shape index (κ1) is 18.8. The summed E-state index contributed by atoms with van der Waals surface area (Å²) in [5.41, 5.74) is 1.01. The molecule has 0 spiro atoms. The highest BCUT2D eigenvalue weighted by atomic mass is 35.5. The van der Waals surface area contributed by atoms with Crippen LogP contribution in [0.3, 0.4) is 0 Å². The Hall–Kier alpha value is -2.99. The Morgan fingerprint density at radius 2 is 1.96 bits per heavy atom. The predicted molar refractivity (Wildman–Crippen MR) is 99.9 cm³/mol. The topological polar surface area (TPSA) is 71.1 Å². The van der Waals surface area contributed by atoms with Crippen molar-refractivity contribution in [2.45, 2.75) is 12.3 Å². The van der Waals surface area contributed by atoms with Crippen LogP contribution in [0.4, 0.5) is 0 Å². The second kappa shape index (κ2) is 7.72. The molecule has 0 saturated carbocycles. The molecule has 0 aliphatic carbocycles. The lowest BCUT2D eigenvalue weighted by atomic mass is 10.1. The molecule has 0 fully saturated rings. The van der Waals surface area contributed by atoms with Crippen molar-refractivity contribution < 1.29 is 28.5 Å². The quantitative estimate of drug-likeness (QED) is 0.335. The molecule has 6 nitrogen and oxygen atoms in total. The number of ketones is 1. The average molecular weight is 389 g/mol. The van der Waals surface area contributed by atoms with E-state index in [1.54, 1.807) is 30.3 Å². The number of hydrogen-bond acceptors (Lipinski definition) is 6. The van der Waals surface area contributed by atoms with Crippen molar-refractivity contribution in [3.05, 3.63) is 53.3 Å². The number of hydrogen-bond donors (Lipinski definition) is 0. The summed E-state index contributed by atoms with van der Waals surface area (Å²) in [5.74, 6) is 0.853. The minimum atomic E-state index is -0.781. The highest BCUT2D eigenvalue weighted by molar-refractivity contribution is 6.29. The third-order valence-electron chi connectivity index (χ3n) is 3.90. The number of alkyl halides is 1. The number of carbonyl (C=O) groups is 2. The molecule has 27 heavy (non-hydrogen) atoms. The molecule has 0 radical (unpaired) electrons. The Labute approximate surface area is 161 Å². The van der Waals surface area contributed by atoms with E-state index in [4.69, 9.17) is 30.5 Å². The molecule has 0 aromatic heterocycles. The van der Waals surface area contributed by atoms with Gasteiger partial charge < -0.3 is 18.9 Å². The van der Waals surface area contributed by atoms with E-state index < -0.39 is 11.3 Å². The smallest absolute Gasteiger partial charge is 0.329 e. The van der Waals surface area contributed by atoms with E-state index >= 15 is 0 Å². The SMILES string of the molecule is COc1cccc(/C=C2\Oc3cc(OC(=O)C(C)Cl)ccc3C2=O)c1OC. The van der Waals surface area contributed by atoms with Crippen molar-refractivity contribution >= 4 is 29.4 Å². The standard InChI is InChI=1S/C20H17ClO6/c1-11(21)20(23)26-13-7-8-14-16(10-13)27-17(18(14)22)9-12-5-4-6-15(24-2)19(12)25-3/h4-11H,1-3H3/b17-9-. The lowest BCUT2D eigenvalue weighted by Crippen LogP contribution is -2.17. The molecule has 3 rings (SSSR count). The number of fused-ring (bicyclic) bond motifs is 1. The van der Waals surface area contributed by atoms with Crippen LogP contribution >= 0.6 is 11.6 Å². The number of rotatable bonds is 5. The molecular weight excluding hydrogens is 372 g/mol. The first-order valence-corrected chi connectivity index (χ1v) is 8.53. The predicted octanol–water partition coefficient (Wildman–Crippen LogP) is 3.85. The molecule has 2 aromatic carbocycles. The lowest BCUT2D eigenvalue weighted by Gasteiger charge is -2.10. The van der Waals surface area contributed by atoms with Crippen molar-refractivity contribution in [3.8, 4) is 23.0 Å². The molecule has 0 amide bonds. The summed E-state index contributed by atoms with van der Waals surface area (Å²) in [5, 5.41) is -0.781. The number of carbonyl (C=O) groups excluding carboxylic acids is 2. The Balaban J connectivity index is 1.91. The third-order valence-corrected chi connectivity index (χ3v) is 4.08. The van der Waals surface area contributed by atoms with Gasteiger partial charge in [0.05, 0.1) is 19.8 Å². The van der Waals surface area contributed by atoms with Crippen molar-refractivity contribution in [2.75, 3.05) is 14.2 Å². The van der Waals surface area contributed by atoms with Crippen LogP contribution in [0.15, 0.2) is 42.2 Å². The van der Waals surface area contributed by atoms with Gasteiger partial charge in [0.2, 0.25) is 5.78 Å². The maximum Gasteiger partial charge on any atom is 0.329 e. The second-order valence-electron chi connectivity index (χ2n) is 5.72. The van der Waals surface area contributed by atoms with Crippen molar-refractivity contribution in [1.82, 2.24) is 0 Å². The molecule has 0 bridgehead atoms. The molecular formula is C20H17ClO6. The minimum absolute atomic E-state index is 0.130. The highest BCUT2D eigenvalue weighted by Crippen LogP contribution is 2.37. The molecule has 1 heterocycles. The first-order valence-electron chi connectivity index (χ1n) is 8.09. The third kappa shape index (κ3) is 3.75. The van der Waals surface area contributed by atoms with Crippen molar-refractivity contribution in [2.24, 2.45) is 0 Å². The van der Waals surface area contributed by atoms with Gasteiger partial charge in [0.1, 0.15) is 16.9 Å². The summed E-state index contributed by atoms with van der Waals surface area (Å²) in [7, 11) is 3.05. The molecule has 1 unspecified atom stereocenters. The fourth-order valence-electron chi connectivity index (χ4n) is 2.59. The van der Waals surface area contributed by atoms with Gasteiger partial charge >= 0.3 is 5.97 Å². The summed E-state index contributed by atoms with van der Waals surface area (Å²) >= 11 is 5.69. The Kier molecular flexibility index (Phi) is 5.37. The van der Waals surface area contributed by atoms with E-state index in [-0.39, 0.29) is 17.3 Å². The average Bonchev–Trinajstić information content (AvgIpc) is 2.96. The van der Waals surface area contributed by atoms with E-state index in [9.17, 15) is 9.59 Å². The zero-order valence-corrected chi connectivity index (χ0v) is 15.7. The number of methoxy groups -OCH3 is 2. The van der Waals surface area contributed by atoms with Gasteiger partial charge in [-0.25, -0.2) is 0 Å².